The molecule has 0 fully saturated rings. The van der Waals surface area contributed by atoms with Gasteiger partial charge in [-0.1, -0.05) is 22.0 Å². The fraction of sp³-hybridized carbons (Fsp3) is 0.533. The molecule has 0 saturated carbocycles. The first-order valence-corrected chi connectivity index (χ1v) is 7.83. The van der Waals surface area contributed by atoms with Gasteiger partial charge in [0.1, 0.15) is 12.4 Å². The van der Waals surface area contributed by atoms with Crippen molar-refractivity contribution in [1.82, 2.24) is 10.2 Å². The molecule has 1 N–H and O–H groups in total. The van der Waals surface area contributed by atoms with E-state index in [-0.39, 0.29) is 5.91 Å². The lowest BCUT2D eigenvalue weighted by molar-refractivity contribution is -0.130. The Bertz CT molecular complexity index is 409. The number of nitrogens with zero attached hydrogens (tertiary/aromatic N) is 1. The van der Waals surface area contributed by atoms with Gasteiger partial charge in [0.15, 0.2) is 0 Å². The summed E-state index contributed by atoms with van der Waals surface area (Å²) in [5.74, 6) is 1.05. The molecule has 0 heterocycles. The van der Waals surface area contributed by atoms with Crippen molar-refractivity contribution in [3.63, 3.8) is 0 Å². The molecular weight excluding hydrogens is 320 g/mol. The lowest BCUT2D eigenvalue weighted by Crippen LogP contribution is -2.33. The highest BCUT2D eigenvalue weighted by atomic mass is 79.9. The molecule has 0 aliphatic carbocycles. The molecule has 4 nitrogen and oxygen atoms in total. The van der Waals surface area contributed by atoms with E-state index in [0.29, 0.717) is 19.6 Å². The Labute approximate surface area is 129 Å². The van der Waals surface area contributed by atoms with Crippen molar-refractivity contribution < 1.29 is 9.53 Å². The molecule has 1 aromatic carbocycles. The van der Waals surface area contributed by atoms with Crippen LogP contribution in [0.1, 0.15) is 20.3 Å². The maximum atomic E-state index is 11.7. The van der Waals surface area contributed by atoms with E-state index < -0.39 is 0 Å². The highest BCUT2D eigenvalue weighted by Gasteiger charge is 2.07. The first kappa shape index (κ1) is 17.0. The number of amides is 1. The smallest absolute Gasteiger partial charge is 0.223 e. The number of carbonyl (C=O) groups excluding carboxylic acids is 1. The van der Waals surface area contributed by atoms with Crippen LogP contribution in [-0.2, 0) is 4.79 Å². The third-order valence-corrected chi connectivity index (χ3v) is 3.47. The van der Waals surface area contributed by atoms with Crippen LogP contribution in [0.4, 0.5) is 0 Å². The summed E-state index contributed by atoms with van der Waals surface area (Å²) in [5.41, 5.74) is 0. The van der Waals surface area contributed by atoms with Gasteiger partial charge in [0, 0.05) is 37.1 Å². The van der Waals surface area contributed by atoms with Crippen LogP contribution in [0.15, 0.2) is 28.7 Å². The van der Waals surface area contributed by atoms with Gasteiger partial charge < -0.3 is 15.0 Å². The number of carbonyl (C=O) groups is 1. The molecule has 0 saturated heterocycles. The predicted molar refractivity (Wildman–Crippen MR) is 85.1 cm³/mol. The van der Waals surface area contributed by atoms with E-state index in [1.54, 1.807) is 0 Å². The molecule has 0 atom stereocenters. The summed E-state index contributed by atoms with van der Waals surface area (Å²) in [5, 5.41) is 3.22. The van der Waals surface area contributed by atoms with Crippen LogP contribution in [0.25, 0.3) is 0 Å². The highest BCUT2D eigenvalue weighted by Crippen LogP contribution is 2.17. The summed E-state index contributed by atoms with van der Waals surface area (Å²) in [6.45, 7) is 7.58. The maximum absolute atomic E-state index is 11.7. The van der Waals surface area contributed by atoms with Crippen LogP contribution >= 0.6 is 15.9 Å². The van der Waals surface area contributed by atoms with Crippen molar-refractivity contribution in [3.05, 3.63) is 28.7 Å². The summed E-state index contributed by atoms with van der Waals surface area (Å²) in [7, 11) is 0. The molecule has 1 rings (SSSR count). The monoisotopic (exact) mass is 342 g/mol. The summed E-state index contributed by atoms with van der Waals surface area (Å²) in [6, 6.07) is 7.76. The molecule has 5 heteroatoms. The van der Waals surface area contributed by atoms with E-state index in [1.165, 1.54) is 0 Å². The zero-order chi connectivity index (χ0) is 14.8. The molecule has 0 unspecified atom stereocenters. The average Bonchev–Trinajstić information content (AvgIpc) is 2.44. The van der Waals surface area contributed by atoms with Crippen molar-refractivity contribution >= 4 is 21.8 Å². The third-order valence-electron chi connectivity index (χ3n) is 2.98. The lowest BCUT2D eigenvalue weighted by Gasteiger charge is -2.18. The van der Waals surface area contributed by atoms with Gasteiger partial charge in [-0.3, -0.25) is 4.79 Å². The topological polar surface area (TPSA) is 41.6 Å². The first-order chi connectivity index (χ1) is 9.67. The van der Waals surface area contributed by atoms with Gasteiger partial charge in [0.2, 0.25) is 5.91 Å². The first-order valence-electron chi connectivity index (χ1n) is 7.04. The summed E-state index contributed by atoms with van der Waals surface area (Å²) in [4.78, 5) is 13.6. The number of rotatable bonds is 9. The van der Waals surface area contributed by atoms with Gasteiger partial charge >= 0.3 is 0 Å². The van der Waals surface area contributed by atoms with Crippen LogP contribution in [-0.4, -0.2) is 43.6 Å². The molecular formula is C15H23BrN2O2. The summed E-state index contributed by atoms with van der Waals surface area (Å²) in [6.07, 6.45) is 0.540. The minimum Gasteiger partial charge on any atom is -0.492 e. The Balaban J connectivity index is 2.09. The van der Waals surface area contributed by atoms with Crippen molar-refractivity contribution in [2.45, 2.75) is 20.3 Å². The summed E-state index contributed by atoms with van der Waals surface area (Å²) < 4.78 is 6.60. The Kier molecular flexibility index (Phi) is 8.30. The highest BCUT2D eigenvalue weighted by molar-refractivity contribution is 9.10. The fourth-order valence-corrected chi connectivity index (χ4v) is 2.23. The normalized spacial score (nSPS) is 10.3. The van der Waals surface area contributed by atoms with Crippen molar-refractivity contribution in [2.75, 3.05) is 32.8 Å². The number of hydrogen-bond donors (Lipinski definition) is 1. The number of benzene rings is 1. The molecule has 1 aromatic rings. The van der Waals surface area contributed by atoms with E-state index in [9.17, 15) is 4.79 Å². The van der Waals surface area contributed by atoms with Crippen molar-refractivity contribution in [1.29, 1.82) is 0 Å². The van der Waals surface area contributed by atoms with Crippen LogP contribution in [0.5, 0.6) is 5.75 Å². The molecule has 0 aromatic heterocycles. The van der Waals surface area contributed by atoms with Gasteiger partial charge in [-0.15, -0.1) is 0 Å². The van der Waals surface area contributed by atoms with E-state index in [4.69, 9.17) is 4.74 Å². The van der Waals surface area contributed by atoms with Crippen molar-refractivity contribution in [3.8, 4) is 5.75 Å². The minimum absolute atomic E-state index is 0.204. The molecule has 0 bridgehead atoms. The SMILES string of the molecule is CCN(CC)C(=O)CCNCCOc1cccc(Br)c1. The molecule has 1 amide bonds. The van der Waals surface area contributed by atoms with Gasteiger partial charge in [0.05, 0.1) is 0 Å². The molecule has 0 aliphatic heterocycles. The number of nitrogens with one attached hydrogen (secondary N) is 1. The second kappa shape index (κ2) is 9.77. The largest absolute Gasteiger partial charge is 0.492 e. The Morgan fingerprint density at radius 2 is 2.05 bits per heavy atom. The van der Waals surface area contributed by atoms with Crippen LogP contribution in [0, 0.1) is 0 Å². The number of halogens is 1. The van der Waals surface area contributed by atoms with Crippen LogP contribution < -0.4 is 10.1 Å². The standard InChI is InChI=1S/C15H23BrN2O2/c1-3-18(4-2)15(19)8-9-17-10-11-20-14-7-5-6-13(16)12-14/h5-7,12,17H,3-4,8-11H2,1-2H3. The molecule has 0 radical (unpaired) electrons. The molecule has 20 heavy (non-hydrogen) atoms. The predicted octanol–water partition coefficient (Wildman–Crippen LogP) is 2.68. The number of hydrogen-bond acceptors (Lipinski definition) is 3. The molecule has 0 spiro atoms. The van der Waals surface area contributed by atoms with Crippen LogP contribution in [0.3, 0.4) is 0 Å². The quantitative estimate of drug-likeness (QED) is 0.701. The van der Waals surface area contributed by atoms with Crippen molar-refractivity contribution in [2.24, 2.45) is 0 Å². The third kappa shape index (κ3) is 6.39. The fourth-order valence-electron chi connectivity index (χ4n) is 1.85. The van der Waals surface area contributed by atoms with Gasteiger partial charge in [-0.05, 0) is 32.0 Å². The van der Waals surface area contributed by atoms with Gasteiger partial charge in [0.25, 0.3) is 0 Å². The van der Waals surface area contributed by atoms with E-state index in [2.05, 4.69) is 21.2 Å². The van der Waals surface area contributed by atoms with Crippen LogP contribution in [0.2, 0.25) is 0 Å². The second-order valence-electron chi connectivity index (χ2n) is 4.37. The molecule has 112 valence electrons. The Hall–Kier alpha value is -1.07. The van der Waals surface area contributed by atoms with E-state index in [1.807, 2.05) is 43.0 Å². The zero-order valence-corrected chi connectivity index (χ0v) is 13.8. The molecule has 0 aliphatic rings. The lowest BCUT2D eigenvalue weighted by atomic mass is 10.3. The maximum Gasteiger partial charge on any atom is 0.223 e. The number of ether oxygens (including phenoxy) is 1. The second-order valence-corrected chi connectivity index (χ2v) is 5.29. The van der Waals surface area contributed by atoms with E-state index >= 15 is 0 Å². The minimum atomic E-state index is 0.204. The summed E-state index contributed by atoms with van der Waals surface area (Å²) >= 11 is 3.40. The van der Waals surface area contributed by atoms with E-state index in [0.717, 1.165) is 29.9 Å². The zero-order valence-electron chi connectivity index (χ0n) is 12.2. The Morgan fingerprint density at radius 3 is 2.70 bits per heavy atom. The Morgan fingerprint density at radius 1 is 1.30 bits per heavy atom. The average molecular weight is 343 g/mol. The van der Waals surface area contributed by atoms with Gasteiger partial charge in [-0.2, -0.15) is 0 Å². The van der Waals surface area contributed by atoms with Gasteiger partial charge in [-0.25, -0.2) is 0 Å².